The first kappa shape index (κ1) is 19.1. The number of rotatable bonds is 4. The zero-order valence-corrected chi connectivity index (χ0v) is 16.6. The van der Waals surface area contributed by atoms with Crippen molar-refractivity contribution in [1.82, 2.24) is 4.98 Å². The molecule has 2 nitrogen and oxygen atoms in total. The maximum atomic E-state index is 13.9. The fourth-order valence-electron chi connectivity index (χ4n) is 3.04. The lowest BCUT2D eigenvalue weighted by atomic mass is 9.55. The van der Waals surface area contributed by atoms with E-state index in [9.17, 15) is 4.39 Å². The quantitative estimate of drug-likeness (QED) is 0.398. The molecule has 4 rings (SSSR count). The molecule has 0 spiro atoms. The Bertz CT molecular complexity index is 1130. The molecule has 0 aliphatic rings. The fraction of sp³-hybridized carbons (Fsp3) is 0. The van der Waals surface area contributed by atoms with Gasteiger partial charge in [-0.1, -0.05) is 59.1 Å². The highest BCUT2D eigenvalue weighted by molar-refractivity contribution is 6.80. The zero-order valence-electron chi connectivity index (χ0n) is 14.4. The van der Waals surface area contributed by atoms with E-state index in [0.29, 0.717) is 37.2 Å². The van der Waals surface area contributed by atoms with Crippen LogP contribution in [0.1, 0.15) is 0 Å². The summed E-state index contributed by atoms with van der Waals surface area (Å²) in [6.45, 7) is -0.640. The third-order valence-corrected chi connectivity index (χ3v) is 5.12. The molecule has 0 saturated carbocycles. The van der Waals surface area contributed by atoms with Gasteiger partial charge < -0.3 is 4.65 Å². The Labute approximate surface area is 176 Å². The first-order chi connectivity index (χ1) is 13.5. The number of hydrogen-bond donors (Lipinski definition) is 0. The molecule has 0 atom stereocenters. The molecule has 0 N–H and O–H groups in total. The van der Waals surface area contributed by atoms with Gasteiger partial charge in [-0.3, -0.25) is 4.98 Å². The molecule has 0 amide bonds. The summed E-state index contributed by atoms with van der Waals surface area (Å²) in [7, 11) is 0. The fourth-order valence-corrected chi connectivity index (χ4v) is 3.80. The Balaban J connectivity index is 1.89. The Morgan fingerprint density at radius 3 is 2.32 bits per heavy atom. The molecule has 3 aromatic carbocycles. The van der Waals surface area contributed by atoms with Crippen LogP contribution < -0.4 is 15.6 Å². The smallest absolute Gasteiger partial charge is 0.426 e. The van der Waals surface area contributed by atoms with Crippen LogP contribution in [0.2, 0.25) is 15.1 Å². The highest BCUT2D eigenvalue weighted by Crippen LogP contribution is 2.37. The Kier molecular flexibility index (Phi) is 5.45. The minimum atomic E-state index is -0.640. The Morgan fingerprint density at radius 2 is 1.57 bits per heavy atom. The summed E-state index contributed by atoms with van der Waals surface area (Å²) in [5, 5.41) is 2.06. The molecular formula is C21H12BCl3FNO. The SMILES string of the molecule is Fc1cccc(B(Oc2c(Cl)cc(Cl)c3cccnc23)c2cccc(Cl)c2)c1. The molecule has 1 heterocycles. The molecule has 7 heteroatoms. The van der Waals surface area contributed by atoms with Gasteiger partial charge in [0.05, 0.1) is 10.0 Å². The van der Waals surface area contributed by atoms with Crippen molar-refractivity contribution in [3.63, 3.8) is 0 Å². The number of halogens is 4. The summed E-state index contributed by atoms with van der Waals surface area (Å²) in [6, 6.07) is 18.7. The predicted octanol–water partition coefficient (Wildman–Crippen LogP) is 5.52. The van der Waals surface area contributed by atoms with Crippen molar-refractivity contribution in [2.75, 3.05) is 0 Å². The lowest BCUT2D eigenvalue weighted by Crippen LogP contribution is -2.47. The summed E-state index contributed by atoms with van der Waals surface area (Å²) in [5.74, 6) is 0.00853. The van der Waals surface area contributed by atoms with Gasteiger partial charge in [0.15, 0.2) is 0 Å². The summed E-state index contributed by atoms with van der Waals surface area (Å²) >= 11 is 18.9. The minimum absolute atomic E-state index is 0.319. The molecule has 0 radical (unpaired) electrons. The normalized spacial score (nSPS) is 10.9. The van der Waals surface area contributed by atoms with Crippen LogP contribution in [0.15, 0.2) is 72.9 Å². The molecule has 1 aromatic heterocycles. The van der Waals surface area contributed by atoms with Crippen LogP contribution >= 0.6 is 34.8 Å². The van der Waals surface area contributed by atoms with Gasteiger partial charge in [0.1, 0.15) is 17.1 Å². The van der Waals surface area contributed by atoms with Crippen LogP contribution in [0.4, 0.5) is 4.39 Å². The number of pyridine rings is 1. The molecule has 138 valence electrons. The second-order valence-electron chi connectivity index (χ2n) is 6.18. The summed E-state index contributed by atoms with van der Waals surface area (Å²) in [4.78, 5) is 4.38. The van der Waals surface area contributed by atoms with Gasteiger partial charge in [0, 0.05) is 16.6 Å². The number of aromatic nitrogens is 1. The van der Waals surface area contributed by atoms with E-state index in [-0.39, 0.29) is 5.82 Å². The molecule has 0 saturated heterocycles. The van der Waals surface area contributed by atoms with Gasteiger partial charge in [-0.2, -0.15) is 0 Å². The van der Waals surface area contributed by atoms with Crippen LogP contribution in [0.25, 0.3) is 10.9 Å². The molecule has 0 unspecified atom stereocenters. The zero-order chi connectivity index (χ0) is 19.7. The van der Waals surface area contributed by atoms with Crippen LogP contribution in [0.5, 0.6) is 5.75 Å². The number of benzene rings is 3. The summed E-state index contributed by atoms with van der Waals surface area (Å²) < 4.78 is 20.2. The monoisotopic (exact) mass is 429 g/mol. The highest BCUT2D eigenvalue weighted by atomic mass is 35.5. The second-order valence-corrected chi connectivity index (χ2v) is 7.43. The predicted molar refractivity (Wildman–Crippen MR) is 115 cm³/mol. The van der Waals surface area contributed by atoms with Gasteiger partial charge in [0.2, 0.25) is 0 Å². The number of nitrogens with zero attached hydrogens (tertiary/aromatic N) is 1. The highest BCUT2D eigenvalue weighted by Gasteiger charge is 2.27. The average molecular weight is 431 g/mol. The van der Waals surface area contributed by atoms with E-state index in [4.69, 9.17) is 39.5 Å². The first-order valence-electron chi connectivity index (χ1n) is 8.43. The van der Waals surface area contributed by atoms with Crippen LogP contribution in [0, 0.1) is 5.82 Å². The van der Waals surface area contributed by atoms with Crippen molar-refractivity contribution in [3.8, 4) is 5.75 Å². The van der Waals surface area contributed by atoms with Crippen molar-refractivity contribution in [1.29, 1.82) is 0 Å². The Morgan fingerprint density at radius 1 is 0.821 bits per heavy atom. The van der Waals surface area contributed by atoms with Crippen molar-refractivity contribution >= 4 is 63.5 Å². The van der Waals surface area contributed by atoms with E-state index in [1.807, 2.05) is 18.2 Å². The molecule has 0 bridgehead atoms. The maximum Gasteiger partial charge on any atom is 0.426 e. The van der Waals surface area contributed by atoms with Gasteiger partial charge in [-0.05, 0) is 53.4 Å². The Hall–Kier alpha value is -2.27. The van der Waals surface area contributed by atoms with Gasteiger partial charge in [0.25, 0.3) is 0 Å². The lowest BCUT2D eigenvalue weighted by Gasteiger charge is -2.19. The molecule has 0 aliphatic heterocycles. The molecular weight excluding hydrogens is 418 g/mol. The molecule has 28 heavy (non-hydrogen) atoms. The van der Waals surface area contributed by atoms with Crippen LogP contribution in [-0.4, -0.2) is 11.9 Å². The van der Waals surface area contributed by atoms with E-state index in [2.05, 4.69) is 4.98 Å². The summed E-state index contributed by atoms with van der Waals surface area (Å²) in [5.41, 5.74) is 1.91. The van der Waals surface area contributed by atoms with Crippen molar-refractivity contribution in [3.05, 3.63) is 93.8 Å². The average Bonchev–Trinajstić information content (AvgIpc) is 2.68. The van der Waals surface area contributed by atoms with Gasteiger partial charge >= 0.3 is 6.92 Å². The van der Waals surface area contributed by atoms with Gasteiger partial charge in [-0.25, -0.2) is 4.39 Å². The van der Waals surface area contributed by atoms with Crippen molar-refractivity contribution in [2.24, 2.45) is 0 Å². The molecule has 4 aromatic rings. The lowest BCUT2D eigenvalue weighted by molar-refractivity contribution is 0.595. The van der Waals surface area contributed by atoms with Crippen LogP contribution in [0.3, 0.4) is 0 Å². The third kappa shape index (κ3) is 3.81. The van der Waals surface area contributed by atoms with E-state index < -0.39 is 6.92 Å². The topological polar surface area (TPSA) is 22.1 Å². The van der Waals surface area contributed by atoms with E-state index >= 15 is 0 Å². The van der Waals surface area contributed by atoms with E-state index in [1.54, 1.807) is 42.6 Å². The standard InChI is InChI=1S/C21H12BCl3FNO/c23-15-6-1-4-13(10-15)22(14-5-2-7-16(26)11-14)28-21-19(25)12-18(24)17-8-3-9-27-20(17)21/h1-12H. The molecule has 0 fully saturated rings. The summed E-state index contributed by atoms with van der Waals surface area (Å²) in [6.07, 6.45) is 1.64. The van der Waals surface area contributed by atoms with E-state index in [1.165, 1.54) is 12.1 Å². The second kappa shape index (κ2) is 8.00. The minimum Gasteiger partial charge on any atom is -0.549 e. The number of fused-ring (bicyclic) bond motifs is 1. The van der Waals surface area contributed by atoms with Crippen molar-refractivity contribution < 1.29 is 9.04 Å². The van der Waals surface area contributed by atoms with Crippen molar-refractivity contribution in [2.45, 2.75) is 0 Å². The largest absolute Gasteiger partial charge is 0.549 e. The molecule has 0 aliphatic carbocycles. The van der Waals surface area contributed by atoms with E-state index in [0.717, 1.165) is 5.46 Å². The van der Waals surface area contributed by atoms with Crippen LogP contribution in [-0.2, 0) is 0 Å². The maximum absolute atomic E-state index is 13.9. The van der Waals surface area contributed by atoms with Gasteiger partial charge in [-0.15, -0.1) is 0 Å². The first-order valence-corrected chi connectivity index (χ1v) is 9.56. The third-order valence-electron chi connectivity index (χ3n) is 4.29. The number of hydrogen-bond acceptors (Lipinski definition) is 2.